The van der Waals surface area contributed by atoms with E-state index >= 15 is 0 Å². The molecule has 23 heavy (non-hydrogen) atoms. The van der Waals surface area contributed by atoms with Crippen LogP contribution in [0.5, 0.6) is 0 Å². The van der Waals surface area contributed by atoms with Crippen molar-refractivity contribution in [2.75, 3.05) is 11.9 Å². The number of benzene rings is 1. The average molecular weight is 328 g/mol. The van der Waals surface area contributed by atoms with Gasteiger partial charge >= 0.3 is 0 Å². The molecule has 1 aromatic carbocycles. The molecule has 0 radical (unpaired) electrons. The van der Waals surface area contributed by atoms with Crippen LogP contribution < -0.4 is 5.32 Å². The number of carbonyl (C=O) groups excluding carboxylic acids is 2. The smallest absolute Gasteiger partial charge is 0.254 e. The van der Waals surface area contributed by atoms with E-state index in [-0.39, 0.29) is 17.9 Å². The average Bonchev–Trinajstić information content (AvgIpc) is 3.02. The fourth-order valence-corrected chi connectivity index (χ4v) is 4.07. The van der Waals surface area contributed by atoms with Gasteiger partial charge in [0.25, 0.3) is 5.91 Å². The van der Waals surface area contributed by atoms with Crippen LogP contribution >= 0.6 is 11.3 Å². The van der Waals surface area contributed by atoms with Crippen LogP contribution in [0.2, 0.25) is 0 Å². The van der Waals surface area contributed by atoms with Crippen LogP contribution in [0, 0.1) is 0 Å². The number of nitrogens with zero attached hydrogens (tertiary/aromatic N) is 1. The Morgan fingerprint density at radius 3 is 2.65 bits per heavy atom. The summed E-state index contributed by atoms with van der Waals surface area (Å²) in [5, 5.41) is 4.83. The molecule has 0 bridgehead atoms. The molecular formula is C18H20N2O2S. The maximum atomic E-state index is 12.9. The number of hydrogen-bond donors (Lipinski definition) is 1. The molecule has 1 aromatic heterocycles. The number of hydrogen-bond acceptors (Lipinski definition) is 3. The number of rotatable bonds is 3. The minimum absolute atomic E-state index is 0.0584. The monoisotopic (exact) mass is 328 g/mol. The molecule has 1 atom stereocenters. The largest absolute Gasteiger partial charge is 0.331 e. The number of carbonyl (C=O) groups is 2. The highest BCUT2D eigenvalue weighted by molar-refractivity contribution is 7.10. The molecule has 1 N–H and O–H groups in total. The third-order valence-corrected chi connectivity index (χ3v) is 5.19. The first-order chi connectivity index (χ1) is 11.1. The Bertz CT molecular complexity index is 721. The first-order valence-corrected chi connectivity index (χ1v) is 8.73. The van der Waals surface area contributed by atoms with Gasteiger partial charge in [0, 0.05) is 29.6 Å². The molecule has 0 spiro atoms. The minimum Gasteiger partial charge on any atom is -0.331 e. The first kappa shape index (κ1) is 15.7. The predicted octanol–water partition coefficient (Wildman–Crippen LogP) is 3.86. The molecule has 2 heterocycles. The maximum Gasteiger partial charge on any atom is 0.254 e. The van der Waals surface area contributed by atoms with Gasteiger partial charge in [-0.25, -0.2) is 0 Å². The van der Waals surface area contributed by atoms with E-state index in [0.29, 0.717) is 11.3 Å². The summed E-state index contributed by atoms with van der Waals surface area (Å²) in [6.07, 6.45) is 1.85. The van der Waals surface area contributed by atoms with Crippen molar-refractivity contribution in [3.05, 3.63) is 51.7 Å². The quantitative estimate of drug-likeness (QED) is 0.930. The van der Waals surface area contributed by atoms with Gasteiger partial charge in [-0.15, -0.1) is 11.3 Å². The highest BCUT2D eigenvalue weighted by Gasteiger charge is 2.30. The Hall–Kier alpha value is -2.14. The molecule has 5 heteroatoms. The lowest BCUT2D eigenvalue weighted by Gasteiger charge is -2.35. The van der Waals surface area contributed by atoms with E-state index in [1.54, 1.807) is 35.6 Å². The molecule has 2 amide bonds. The van der Waals surface area contributed by atoms with E-state index in [0.717, 1.165) is 19.4 Å². The molecule has 3 rings (SSSR count). The molecule has 1 unspecified atom stereocenters. The van der Waals surface area contributed by atoms with Gasteiger partial charge in [-0.2, -0.15) is 0 Å². The first-order valence-electron chi connectivity index (χ1n) is 7.85. The predicted molar refractivity (Wildman–Crippen MR) is 92.8 cm³/mol. The molecule has 1 aliphatic rings. The van der Waals surface area contributed by atoms with Gasteiger partial charge in [0.05, 0.1) is 6.04 Å². The molecular weight excluding hydrogens is 308 g/mol. The van der Waals surface area contributed by atoms with E-state index in [4.69, 9.17) is 0 Å². The Morgan fingerprint density at radius 2 is 2.00 bits per heavy atom. The van der Waals surface area contributed by atoms with Gasteiger partial charge < -0.3 is 10.2 Å². The zero-order chi connectivity index (χ0) is 16.4. The van der Waals surface area contributed by atoms with E-state index in [1.165, 1.54) is 17.4 Å². The van der Waals surface area contributed by atoms with Crippen LogP contribution in [-0.4, -0.2) is 23.3 Å². The van der Waals surface area contributed by atoms with Crippen molar-refractivity contribution in [3.63, 3.8) is 0 Å². The van der Waals surface area contributed by atoms with E-state index in [9.17, 15) is 9.59 Å². The summed E-state index contributed by atoms with van der Waals surface area (Å²) < 4.78 is 0. The van der Waals surface area contributed by atoms with E-state index in [2.05, 4.69) is 23.7 Å². The van der Waals surface area contributed by atoms with Crippen molar-refractivity contribution in [3.8, 4) is 0 Å². The van der Waals surface area contributed by atoms with Crippen LogP contribution in [0.1, 0.15) is 47.1 Å². The lowest BCUT2D eigenvalue weighted by atomic mass is 9.97. The molecule has 0 aliphatic carbocycles. The summed E-state index contributed by atoms with van der Waals surface area (Å²) in [6.45, 7) is 4.35. The highest BCUT2D eigenvalue weighted by Crippen LogP contribution is 2.36. The Morgan fingerprint density at radius 1 is 1.26 bits per heavy atom. The summed E-state index contributed by atoms with van der Waals surface area (Å²) in [4.78, 5) is 27.3. The van der Waals surface area contributed by atoms with Crippen LogP contribution in [0.4, 0.5) is 5.69 Å². The van der Waals surface area contributed by atoms with E-state index in [1.807, 2.05) is 4.90 Å². The maximum absolute atomic E-state index is 12.9. The normalized spacial score (nSPS) is 16.8. The Labute approximate surface area is 140 Å². The zero-order valence-electron chi connectivity index (χ0n) is 13.3. The molecule has 120 valence electrons. The van der Waals surface area contributed by atoms with Crippen molar-refractivity contribution in [1.82, 2.24) is 4.90 Å². The van der Waals surface area contributed by atoms with Gasteiger partial charge in [0.2, 0.25) is 5.91 Å². The number of amides is 2. The Balaban J connectivity index is 1.81. The second kappa shape index (κ2) is 6.54. The number of anilines is 1. The molecule has 0 saturated heterocycles. The third kappa shape index (κ3) is 3.15. The number of fused-ring (bicyclic) bond motifs is 1. The summed E-state index contributed by atoms with van der Waals surface area (Å²) in [6, 6.07) is 9.42. The van der Waals surface area contributed by atoms with Crippen molar-refractivity contribution < 1.29 is 9.59 Å². The van der Waals surface area contributed by atoms with Gasteiger partial charge in [-0.1, -0.05) is 6.92 Å². The van der Waals surface area contributed by atoms with Crippen LogP contribution in [0.15, 0.2) is 35.7 Å². The second-order valence-corrected chi connectivity index (χ2v) is 6.73. The minimum atomic E-state index is -0.115. The molecule has 4 nitrogen and oxygen atoms in total. The third-order valence-electron chi connectivity index (χ3n) is 4.19. The van der Waals surface area contributed by atoms with E-state index < -0.39 is 0 Å². The Kier molecular flexibility index (Phi) is 4.48. The van der Waals surface area contributed by atoms with Gasteiger partial charge in [0.1, 0.15) is 0 Å². The second-order valence-electron chi connectivity index (χ2n) is 5.73. The molecule has 2 aromatic rings. The standard InChI is InChI=1S/C18H20N2O2S/c1-3-16-15-9-11-23-17(15)8-10-20(16)18(22)13-4-6-14(7-5-13)19-12(2)21/h4-7,9,11,16H,3,8,10H2,1-2H3,(H,19,21). The number of thiophene rings is 1. The summed E-state index contributed by atoms with van der Waals surface area (Å²) in [5.74, 6) is -0.0563. The lowest BCUT2D eigenvalue weighted by Crippen LogP contribution is -2.39. The number of nitrogens with one attached hydrogen (secondary N) is 1. The summed E-state index contributed by atoms with van der Waals surface area (Å²) in [7, 11) is 0. The molecule has 0 saturated carbocycles. The van der Waals surface area contributed by atoms with Gasteiger partial charge in [0.15, 0.2) is 0 Å². The van der Waals surface area contributed by atoms with Gasteiger partial charge in [-0.3, -0.25) is 9.59 Å². The van der Waals surface area contributed by atoms with Crippen molar-refractivity contribution in [2.24, 2.45) is 0 Å². The lowest BCUT2D eigenvalue weighted by molar-refractivity contribution is -0.114. The SMILES string of the molecule is CCC1c2ccsc2CCN1C(=O)c1ccc(NC(C)=O)cc1. The fraction of sp³-hybridized carbons (Fsp3) is 0.333. The highest BCUT2D eigenvalue weighted by atomic mass is 32.1. The summed E-state index contributed by atoms with van der Waals surface area (Å²) in [5.41, 5.74) is 2.67. The summed E-state index contributed by atoms with van der Waals surface area (Å²) >= 11 is 1.78. The van der Waals surface area contributed by atoms with Crippen LogP contribution in [-0.2, 0) is 11.2 Å². The topological polar surface area (TPSA) is 49.4 Å². The van der Waals surface area contributed by atoms with Crippen molar-refractivity contribution >= 4 is 28.8 Å². The van der Waals surface area contributed by atoms with Crippen LogP contribution in [0.3, 0.4) is 0 Å². The molecule has 1 aliphatic heterocycles. The van der Waals surface area contributed by atoms with Gasteiger partial charge in [-0.05, 0) is 54.1 Å². The van der Waals surface area contributed by atoms with Crippen molar-refractivity contribution in [2.45, 2.75) is 32.7 Å². The van der Waals surface area contributed by atoms with Crippen molar-refractivity contribution in [1.29, 1.82) is 0 Å². The zero-order valence-corrected chi connectivity index (χ0v) is 14.2. The fourth-order valence-electron chi connectivity index (χ4n) is 3.14. The van der Waals surface area contributed by atoms with Crippen LogP contribution in [0.25, 0.3) is 0 Å². The molecule has 0 fully saturated rings.